The average Bonchev–Trinajstić information content (AvgIpc) is 2.45. The predicted octanol–water partition coefficient (Wildman–Crippen LogP) is 1.48. The van der Waals surface area contributed by atoms with Crippen molar-refractivity contribution in [2.24, 2.45) is 0 Å². The monoisotopic (exact) mass is 269 g/mol. The van der Waals surface area contributed by atoms with E-state index >= 15 is 0 Å². The van der Waals surface area contributed by atoms with Crippen LogP contribution in [0.1, 0.15) is 18.4 Å². The highest BCUT2D eigenvalue weighted by Crippen LogP contribution is 2.24. The number of thioether (sulfide) groups is 1. The van der Waals surface area contributed by atoms with Gasteiger partial charge >= 0.3 is 0 Å². The van der Waals surface area contributed by atoms with Crippen LogP contribution < -0.4 is 14.8 Å². The van der Waals surface area contributed by atoms with Crippen molar-refractivity contribution in [2.45, 2.75) is 25.4 Å². The second kappa shape index (κ2) is 6.80. The second-order valence-corrected chi connectivity index (χ2v) is 5.32. The number of methoxy groups -OCH3 is 2. The van der Waals surface area contributed by atoms with E-state index in [-0.39, 0.29) is 0 Å². The number of rotatable bonds is 5. The Hall–Kier alpha value is -1.01. The maximum absolute atomic E-state index is 5.25. The number of ether oxygens (including phenoxy) is 2. The van der Waals surface area contributed by atoms with Gasteiger partial charge in [-0.05, 0) is 18.6 Å². The first-order chi connectivity index (χ1) is 8.85. The number of nitrogens with one attached hydrogen (secondary N) is 1. The van der Waals surface area contributed by atoms with Crippen LogP contribution >= 0.6 is 11.8 Å². The van der Waals surface area contributed by atoms with Gasteiger partial charge in [0.2, 0.25) is 11.8 Å². The summed E-state index contributed by atoms with van der Waals surface area (Å²) in [4.78, 5) is 8.22. The van der Waals surface area contributed by atoms with Gasteiger partial charge in [-0.25, -0.2) is 9.97 Å². The molecule has 1 saturated heterocycles. The van der Waals surface area contributed by atoms with Gasteiger partial charge in [-0.2, -0.15) is 11.8 Å². The van der Waals surface area contributed by atoms with E-state index in [1.165, 1.54) is 30.7 Å². The average molecular weight is 269 g/mol. The summed E-state index contributed by atoms with van der Waals surface area (Å²) in [5.74, 6) is 3.60. The first kappa shape index (κ1) is 13.4. The molecule has 0 aromatic carbocycles. The van der Waals surface area contributed by atoms with Crippen molar-refractivity contribution in [3.8, 4) is 11.8 Å². The highest BCUT2D eigenvalue weighted by atomic mass is 32.2. The Morgan fingerprint density at radius 1 is 1.33 bits per heavy atom. The third-order valence-electron chi connectivity index (χ3n) is 2.98. The predicted molar refractivity (Wildman–Crippen MR) is 72.3 cm³/mol. The van der Waals surface area contributed by atoms with E-state index < -0.39 is 0 Å². The molecule has 5 nitrogen and oxygen atoms in total. The van der Waals surface area contributed by atoms with Gasteiger partial charge in [-0.1, -0.05) is 0 Å². The van der Waals surface area contributed by atoms with E-state index in [0.717, 1.165) is 5.56 Å². The van der Waals surface area contributed by atoms with Crippen LogP contribution in [0.25, 0.3) is 0 Å². The largest absolute Gasteiger partial charge is 0.481 e. The summed E-state index contributed by atoms with van der Waals surface area (Å²) in [6.45, 7) is 0.679. The van der Waals surface area contributed by atoms with Crippen molar-refractivity contribution >= 4 is 11.8 Å². The molecule has 1 aromatic heterocycles. The molecular weight excluding hydrogens is 250 g/mol. The second-order valence-electron chi connectivity index (χ2n) is 4.17. The molecule has 18 heavy (non-hydrogen) atoms. The van der Waals surface area contributed by atoms with Crippen LogP contribution in [0.15, 0.2) is 6.33 Å². The molecule has 1 aliphatic heterocycles. The van der Waals surface area contributed by atoms with E-state index in [9.17, 15) is 0 Å². The molecule has 1 atom stereocenters. The maximum Gasteiger partial charge on any atom is 0.224 e. The van der Waals surface area contributed by atoms with Gasteiger partial charge in [0.15, 0.2) is 0 Å². The molecular formula is C12H19N3O2S. The third kappa shape index (κ3) is 3.26. The Labute approximate surface area is 112 Å². The summed E-state index contributed by atoms with van der Waals surface area (Å²) in [6, 6.07) is 0.554. The van der Waals surface area contributed by atoms with E-state index in [0.29, 0.717) is 24.3 Å². The fourth-order valence-electron chi connectivity index (χ4n) is 2.03. The summed E-state index contributed by atoms with van der Waals surface area (Å²) < 4.78 is 10.5. The molecule has 0 aliphatic carbocycles. The van der Waals surface area contributed by atoms with Crippen molar-refractivity contribution in [1.29, 1.82) is 0 Å². The zero-order valence-corrected chi connectivity index (χ0v) is 11.6. The van der Waals surface area contributed by atoms with Crippen molar-refractivity contribution in [3.63, 3.8) is 0 Å². The summed E-state index contributed by atoms with van der Waals surface area (Å²) in [5.41, 5.74) is 0.887. The minimum absolute atomic E-state index is 0.554. The first-order valence-corrected chi connectivity index (χ1v) is 7.23. The maximum atomic E-state index is 5.25. The first-order valence-electron chi connectivity index (χ1n) is 6.08. The SMILES string of the molecule is COc1ncnc(OC)c1CNC1CCCSC1. The zero-order valence-electron chi connectivity index (χ0n) is 10.8. The number of hydrogen-bond donors (Lipinski definition) is 1. The molecule has 1 aromatic rings. The molecule has 1 fully saturated rings. The van der Waals surface area contributed by atoms with Gasteiger partial charge in [-0.15, -0.1) is 0 Å². The summed E-state index contributed by atoms with van der Waals surface area (Å²) in [7, 11) is 3.23. The molecule has 2 heterocycles. The van der Waals surface area contributed by atoms with Crippen LogP contribution in [-0.2, 0) is 6.54 Å². The number of nitrogens with zero attached hydrogens (tertiary/aromatic N) is 2. The van der Waals surface area contributed by atoms with Gasteiger partial charge in [0.05, 0.1) is 19.8 Å². The molecule has 0 bridgehead atoms. The van der Waals surface area contributed by atoms with Crippen LogP contribution in [0, 0.1) is 0 Å². The third-order valence-corrected chi connectivity index (χ3v) is 4.20. The van der Waals surface area contributed by atoms with Crippen LogP contribution in [0.4, 0.5) is 0 Å². The molecule has 0 saturated carbocycles. The van der Waals surface area contributed by atoms with Gasteiger partial charge in [0.25, 0.3) is 0 Å². The van der Waals surface area contributed by atoms with Crippen molar-refractivity contribution in [2.75, 3.05) is 25.7 Å². The van der Waals surface area contributed by atoms with Gasteiger partial charge in [-0.3, -0.25) is 0 Å². The van der Waals surface area contributed by atoms with Crippen molar-refractivity contribution < 1.29 is 9.47 Å². The molecule has 0 amide bonds. The molecule has 2 rings (SSSR count). The van der Waals surface area contributed by atoms with E-state index in [1.807, 2.05) is 11.8 Å². The lowest BCUT2D eigenvalue weighted by atomic mass is 10.2. The highest BCUT2D eigenvalue weighted by molar-refractivity contribution is 7.99. The fourth-order valence-corrected chi connectivity index (χ4v) is 3.14. The van der Waals surface area contributed by atoms with Crippen molar-refractivity contribution in [3.05, 3.63) is 11.9 Å². The zero-order chi connectivity index (χ0) is 12.8. The highest BCUT2D eigenvalue weighted by Gasteiger charge is 2.17. The van der Waals surface area contributed by atoms with Gasteiger partial charge in [0.1, 0.15) is 6.33 Å². The lowest BCUT2D eigenvalue weighted by Crippen LogP contribution is -2.33. The van der Waals surface area contributed by atoms with Crippen LogP contribution in [-0.4, -0.2) is 41.7 Å². The van der Waals surface area contributed by atoms with E-state index in [4.69, 9.17) is 9.47 Å². The standard InChI is InChI=1S/C12H19N3O2S/c1-16-11-10(12(17-2)15-8-14-11)6-13-9-4-3-5-18-7-9/h8-9,13H,3-7H2,1-2H3. The lowest BCUT2D eigenvalue weighted by Gasteiger charge is -2.23. The number of aromatic nitrogens is 2. The Morgan fingerprint density at radius 3 is 2.61 bits per heavy atom. The molecule has 0 spiro atoms. The summed E-state index contributed by atoms with van der Waals surface area (Å²) in [6.07, 6.45) is 3.96. The molecule has 0 radical (unpaired) electrons. The minimum atomic E-state index is 0.554. The lowest BCUT2D eigenvalue weighted by molar-refractivity contribution is 0.356. The van der Waals surface area contributed by atoms with E-state index in [2.05, 4.69) is 15.3 Å². The topological polar surface area (TPSA) is 56.3 Å². The Bertz CT molecular complexity index is 361. The summed E-state index contributed by atoms with van der Waals surface area (Å²) in [5, 5.41) is 3.53. The Kier molecular flexibility index (Phi) is 5.07. The van der Waals surface area contributed by atoms with Gasteiger partial charge in [0, 0.05) is 18.3 Å². The Morgan fingerprint density at radius 2 is 2.06 bits per heavy atom. The van der Waals surface area contributed by atoms with Crippen LogP contribution in [0.5, 0.6) is 11.8 Å². The van der Waals surface area contributed by atoms with Crippen LogP contribution in [0.2, 0.25) is 0 Å². The Balaban J connectivity index is 2.02. The smallest absolute Gasteiger partial charge is 0.224 e. The molecule has 100 valence electrons. The molecule has 1 aliphatic rings. The quantitative estimate of drug-likeness (QED) is 0.874. The molecule has 6 heteroatoms. The van der Waals surface area contributed by atoms with Crippen molar-refractivity contribution in [1.82, 2.24) is 15.3 Å². The van der Waals surface area contributed by atoms with E-state index in [1.54, 1.807) is 14.2 Å². The van der Waals surface area contributed by atoms with Crippen LogP contribution in [0.3, 0.4) is 0 Å². The normalized spacial score (nSPS) is 19.6. The summed E-state index contributed by atoms with van der Waals surface area (Å²) >= 11 is 2.00. The molecule has 1 N–H and O–H groups in total. The van der Waals surface area contributed by atoms with Gasteiger partial charge < -0.3 is 14.8 Å². The molecule has 1 unspecified atom stereocenters. The number of hydrogen-bond acceptors (Lipinski definition) is 6. The fraction of sp³-hybridized carbons (Fsp3) is 0.667. The minimum Gasteiger partial charge on any atom is -0.481 e.